The Kier molecular flexibility index (Phi) is 4.71. The van der Waals surface area contributed by atoms with Crippen LogP contribution in [0.5, 0.6) is 0 Å². The molecule has 30 heavy (non-hydrogen) atoms. The molecule has 0 aromatic heterocycles. The number of hydrogen-bond acceptors (Lipinski definition) is 6. The quantitative estimate of drug-likeness (QED) is 0.717. The second-order valence-electron chi connectivity index (χ2n) is 8.97. The third-order valence-corrected chi connectivity index (χ3v) is 7.03. The molecule has 3 unspecified atom stereocenters. The molecule has 8 heteroatoms. The number of benzene rings is 1. The molecule has 0 saturated carbocycles. The van der Waals surface area contributed by atoms with E-state index in [1.54, 1.807) is 12.1 Å². The number of carbonyl (C=O) groups excluding carboxylic acids is 4. The maximum atomic E-state index is 13.0. The minimum atomic E-state index is -0.929. The van der Waals surface area contributed by atoms with Gasteiger partial charge >= 0.3 is 0 Å². The fourth-order valence-corrected chi connectivity index (χ4v) is 5.61. The third-order valence-electron chi connectivity index (χ3n) is 7.03. The minimum Gasteiger partial charge on any atom is -0.328 e. The van der Waals surface area contributed by atoms with Crippen molar-refractivity contribution in [1.82, 2.24) is 15.1 Å². The van der Waals surface area contributed by atoms with Crippen molar-refractivity contribution in [2.45, 2.75) is 75.7 Å². The summed E-state index contributed by atoms with van der Waals surface area (Å²) in [6, 6.07) is 5.67. The van der Waals surface area contributed by atoms with Crippen molar-refractivity contribution >= 4 is 23.6 Å². The van der Waals surface area contributed by atoms with E-state index in [9.17, 15) is 19.2 Å². The summed E-state index contributed by atoms with van der Waals surface area (Å²) < 4.78 is 0. The number of rotatable bonds is 3. The number of piperidine rings is 3. The van der Waals surface area contributed by atoms with Gasteiger partial charge in [0.1, 0.15) is 6.04 Å². The van der Waals surface area contributed by atoms with Crippen molar-refractivity contribution in [2.24, 2.45) is 5.73 Å². The zero-order valence-corrected chi connectivity index (χ0v) is 16.8. The normalized spacial score (nSPS) is 31.7. The first-order valence-corrected chi connectivity index (χ1v) is 10.8. The zero-order valence-electron chi connectivity index (χ0n) is 16.8. The average molecular weight is 410 g/mol. The molecule has 0 spiro atoms. The van der Waals surface area contributed by atoms with Gasteiger partial charge in [-0.1, -0.05) is 12.5 Å². The Morgan fingerprint density at radius 2 is 1.67 bits per heavy atom. The molecule has 3 N–H and O–H groups in total. The molecule has 3 atom stereocenters. The smallest absolute Gasteiger partial charge is 0.262 e. The molecule has 4 heterocycles. The lowest BCUT2D eigenvalue weighted by molar-refractivity contribution is -0.136. The van der Waals surface area contributed by atoms with Crippen LogP contribution in [0.15, 0.2) is 18.2 Å². The van der Waals surface area contributed by atoms with E-state index >= 15 is 0 Å². The van der Waals surface area contributed by atoms with Gasteiger partial charge in [0.15, 0.2) is 0 Å². The Labute approximate surface area is 174 Å². The van der Waals surface area contributed by atoms with Gasteiger partial charge < -0.3 is 5.73 Å². The summed E-state index contributed by atoms with van der Waals surface area (Å²) in [5, 5.41) is 2.22. The van der Waals surface area contributed by atoms with Crippen molar-refractivity contribution < 1.29 is 19.2 Å². The molecule has 4 aliphatic heterocycles. The van der Waals surface area contributed by atoms with Crippen LogP contribution in [0.1, 0.15) is 71.2 Å². The van der Waals surface area contributed by atoms with E-state index in [0.717, 1.165) is 42.7 Å². The molecular formula is C22H26N4O4. The standard InChI is InChI=1S/C22H26N4O4/c23-13-9-14-2-1-3-15(10-13)25(14)11-12-4-5-16-17(8-12)22(30)26(21(16)29)18-6-7-19(27)24-20(18)28/h4-5,8,13-15,18H,1-3,6-7,9-11,23H2,(H,24,27,28). The summed E-state index contributed by atoms with van der Waals surface area (Å²) in [6.07, 6.45) is 5.82. The first-order chi connectivity index (χ1) is 14.4. The highest BCUT2D eigenvalue weighted by atomic mass is 16.2. The fraction of sp³-hybridized carbons (Fsp3) is 0.545. The topological polar surface area (TPSA) is 113 Å². The van der Waals surface area contributed by atoms with Crippen molar-refractivity contribution in [2.75, 3.05) is 0 Å². The van der Waals surface area contributed by atoms with E-state index in [1.165, 1.54) is 6.42 Å². The molecular weight excluding hydrogens is 384 g/mol. The lowest BCUT2D eigenvalue weighted by Crippen LogP contribution is -2.54. The maximum Gasteiger partial charge on any atom is 0.262 e. The molecule has 3 saturated heterocycles. The number of nitrogens with zero attached hydrogens (tertiary/aromatic N) is 2. The molecule has 4 amide bonds. The van der Waals surface area contributed by atoms with Crippen LogP contribution in [0, 0.1) is 0 Å². The highest BCUT2D eigenvalue weighted by molar-refractivity contribution is 6.23. The van der Waals surface area contributed by atoms with Gasteiger partial charge in [-0.15, -0.1) is 0 Å². The number of nitrogens with two attached hydrogens (primary N) is 1. The molecule has 2 bridgehead atoms. The van der Waals surface area contributed by atoms with Gasteiger partial charge in [-0.05, 0) is 49.8 Å². The predicted octanol–water partition coefficient (Wildman–Crippen LogP) is 0.932. The number of hydrogen-bond donors (Lipinski definition) is 2. The molecule has 0 radical (unpaired) electrons. The van der Waals surface area contributed by atoms with Crippen LogP contribution in [-0.4, -0.2) is 57.6 Å². The van der Waals surface area contributed by atoms with Crippen molar-refractivity contribution in [3.05, 3.63) is 34.9 Å². The van der Waals surface area contributed by atoms with Gasteiger partial charge in [0.05, 0.1) is 11.1 Å². The fourth-order valence-electron chi connectivity index (χ4n) is 5.61. The summed E-state index contributed by atoms with van der Waals surface area (Å²) in [4.78, 5) is 53.0. The molecule has 5 rings (SSSR count). The largest absolute Gasteiger partial charge is 0.328 e. The van der Waals surface area contributed by atoms with Crippen LogP contribution in [-0.2, 0) is 16.1 Å². The summed E-state index contributed by atoms with van der Waals surface area (Å²) in [5.74, 6) is -1.87. The third kappa shape index (κ3) is 3.15. The second-order valence-corrected chi connectivity index (χ2v) is 8.97. The Morgan fingerprint density at radius 1 is 0.967 bits per heavy atom. The highest BCUT2D eigenvalue weighted by Gasteiger charge is 2.45. The van der Waals surface area contributed by atoms with Gasteiger partial charge in [0.2, 0.25) is 11.8 Å². The number of fused-ring (bicyclic) bond motifs is 3. The van der Waals surface area contributed by atoms with Crippen LogP contribution in [0.2, 0.25) is 0 Å². The van der Waals surface area contributed by atoms with Crippen LogP contribution in [0.4, 0.5) is 0 Å². The van der Waals surface area contributed by atoms with Crippen LogP contribution < -0.4 is 11.1 Å². The summed E-state index contributed by atoms with van der Waals surface area (Å²) in [5.41, 5.74) is 7.90. The molecule has 0 aliphatic carbocycles. The molecule has 1 aromatic carbocycles. The van der Waals surface area contributed by atoms with Gasteiger partial charge in [-0.25, -0.2) is 0 Å². The van der Waals surface area contributed by atoms with E-state index in [4.69, 9.17) is 5.73 Å². The highest BCUT2D eigenvalue weighted by Crippen LogP contribution is 2.35. The first kappa shape index (κ1) is 19.4. The second kappa shape index (κ2) is 7.28. The molecule has 4 aliphatic rings. The lowest BCUT2D eigenvalue weighted by Gasteiger charge is -2.48. The molecule has 3 fully saturated rings. The average Bonchev–Trinajstić information content (AvgIpc) is 2.93. The van der Waals surface area contributed by atoms with E-state index < -0.39 is 23.8 Å². The predicted molar refractivity (Wildman–Crippen MR) is 107 cm³/mol. The van der Waals surface area contributed by atoms with Crippen LogP contribution in [0.25, 0.3) is 0 Å². The van der Waals surface area contributed by atoms with Gasteiger partial charge in [-0.2, -0.15) is 0 Å². The van der Waals surface area contributed by atoms with Crippen molar-refractivity contribution in [3.8, 4) is 0 Å². The lowest BCUT2D eigenvalue weighted by atomic mass is 9.82. The monoisotopic (exact) mass is 410 g/mol. The number of imide groups is 2. The number of nitrogens with one attached hydrogen (secondary N) is 1. The Balaban J connectivity index is 1.37. The number of carbonyl (C=O) groups is 4. The van der Waals surface area contributed by atoms with E-state index in [1.807, 2.05) is 6.07 Å². The summed E-state index contributed by atoms with van der Waals surface area (Å²) in [7, 11) is 0. The summed E-state index contributed by atoms with van der Waals surface area (Å²) in [6.45, 7) is 0.731. The van der Waals surface area contributed by atoms with E-state index in [-0.39, 0.29) is 24.8 Å². The summed E-state index contributed by atoms with van der Waals surface area (Å²) >= 11 is 0. The van der Waals surface area contributed by atoms with Gasteiger partial charge in [0, 0.05) is 31.1 Å². The van der Waals surface area contributed by atoms with Gasteiger partial charge in [0.25, 0.3) is 11.8 Å². The molecule has 158 valence electrons. The molecule has 8 nitrogen and oxygen atoms in total. The Hall–Kier alpha value is -2.58. The van der Waals surface area contributed by atoms with Crippen molar-refractivity contribution in [1.29, 1.82) is 0 Å². The van der Waals surface area contributed by atoms with Crippen LogP contribution in [0.3, 0.4) is 0 Å². The number of amides is 4. The minimum absolute atomic E-state index is 0.120. The van der Waals surface area contributed by atoms with E-state index in [2.05, 4.69) is 10.2 Å². The Bertz CT molecular complexity index is 931. The maximum absolute atomic E-state index is 13.0. The zero-order chi connectivity index (χ0) is 21.0. The molecule has 1 aromatic rings. The van der Waals surface area contributed by atoms with Crippen LogP contribution >= 0.6 is 0 Å². The van der Waals surface area contributed by atoms with Crippen molar-refractivity contribution in [3.63, 3.8) is 0 Å². The first-order valence-electron chi connectivity index (χ1n) is 10.8. The van der Waals surface area contributed by atoms with E-state index in [0.29, 0.717) is 23.2 Å². The Morgan fingerprint density at radius 3 is 2.37 bits per heavy atom. The SMILES string of the molecule is NC1CC2CCCC(C1)N2Cc1ccc2c(c1)C(=O)N(C1CCC(=O)NC1=O)C2=O. The van der Waals surface area contributed by atoms with Gasteiger partial charge in [-0.3, -0.25) is 34.3 Å².